The molecule has 0 aromatic carbocycles. The number of aliphatic hydroxyl groups is 1. The third-order valence-electron chi connectivity index (χ3n) is 3.04. The molecule has 0 aromatic heterocycles. The van der Waals surface area contributed by atoms with E-state index in [0.29, 0.717) is 25.1 Å². The van der Waals surface area contributed by atoms with Crippen LogP contribution in [0.2, 0.25) is 0 Å². The van der Waals surface area contributed by atoms with Gasteiger partial charge in [-0.1, -0.05) is 13.8 Å². The molecule has 0 aliphatic heterocycles. The van der Waals surface area contributed by atoms with Crippen molar-refractivity contribution in [3.8, 4) is 0 Å². The summed E-state index contributed by atoms with van der Waals surface area (Å²) in [6, 6.07) is 0.447. The van der Waals surface area contributed by atoms with Gasteiger partial charge < -0.3 is 15.2 Å². The summed E-state index contributed by atoms with van der Waals surface area (Å²) >= 11 is 0. The van der Waals surface area contributed by atoms with Crippen molar-refractivity contribution >= 4 is 0 Å². The Hall–Kier alpha value is -0.120. The molecule has 1 rings (SSSR count). The predicted octanol–water partition coefficient (Wildman–Crippen LogP) is 1.41. The van der Waals surface area contributed by atoms with Crippen molar-refractivity contribution in [2.45, 2.75) is 45.8 Å². The van der Waals surface area contributed by atoms with E-state index >= 15 is 0 Å². The Kier molecular flexibility index (Phi) is 5.58. The van der Waals surface area contributed by atoms with Crippen LogP contribution in [0.3, 0.4) is 0 Å². The fourth-order valence-electron chi connectivity index (χ4n) is 1.27. The van der Waals surface area contributed by atoms with Gasteiger partial charge in [0.15, 0.2) is 0 Å². The zero-order chi connectivity index (χ0) is 11.3. The topological polar surface area (TPSA) is 41.5 Å². The van der Waals surface area contributed by atoms with Crippen LogP contribution < -0.4 is 5.32 Å². The van der Waals surface area contributed by atoms with Crippen LogP contribution in [-0.4, -0.2) is 37.0 Å². The molecule has 0 radical (unpaired) electrons. The monoisotopic (exact) mass is 215 g/mol. The fraction of sp³-hybridized carbons (Fsp3) is 1.00. The number of nitrogens with one attached hydrogen (secondary N) is 1. The Morgan fingerprint density at radius 1 is 1.33 bits per heavy atom. The molecule has 2 unspecified atom stereocenters. The largest absolute Gasteiger partial charge is 0.389 e. The van der Waals surface area contributed by atoms with Gasteiger partial charge in [-0.2, -0.15) is 0 Å². The van der Waals surface area contributed by atoms with Crippen LogP contribution in [-0.2, 0) is 4.74 Å². The number of ether oxygens (including phenoxy) is 1. The molecule has 0 amide bonds. The maximum absolute atomic E-state index is 9.63. The lowest BCUT2D eigenvalue weighted by Gasteiger charge is -2.19. The fourth-order valence-corrected chi connectivity index (χ4v) is 1.27. The molecular weight excluding hydrogens is 190 g/mol. The van der Waals surface area contributed by atoms with Gasteiger partial charge in [-0.15, -0.1) is 0 Å². The van der Waals surface area contributed by atoms with Gasteiger partial charge in [-0.25, -0.2) is 0 Å². The molecule has 3 heteroatoms. The highest BCUT2D eigenvalue weighted by molar-refractivity contribution is 4.73. The normalized spacial score (nSPS) is 20.6. The highest BCUT2D eigenvalue weighted by atomic mass is 16.5. The van der Waals surface area contributed by atoms with Crippen LogP contribution in [0, 0.1) is 11.8 Å². The summed E-state index contributed by atoms with van der Waals surface area (Å²) < 4.78 is 5.42. The van der Waals surface area contributed by atoms with E-state index in [0.717, 1.165) is 12.5 Å². The van der Waals surface area contributed by atoms with Gasteiger partial charge in [0.1, 0.15) is 0 Å². The number of rotatable bonds is 8. The molecule has 0 heterocycles. The molecule has 15 heavy (non-hydrogen) atoms. The summed E-state index contributed by atoms with van der Waals surface area (Å²) in [5, 5.41) is 12.9. The van der Waals surface area contributed by atoms with Crippen molar-refractivity contribution < 1.29 is 9.84 Å². The minimum atomic E-state index is -0.370. The molecule has 3 nitrogen and oxygen atoms in total. The Bertz CT molecular complexity index is 169. The number of hydrogen-bond donors (Lipinski definition) is 2. The first-order valence-electron chi connectivity index (χ1n) is 6.08. The van der Waals surface area contributed by atoms with E-state index in [1.807, 2.05) is 0 Å². The lowest BCUT2D eigenvalue weighted by molar-refractivity contribution is 0.0308. The van der Waals surface area contributed by atoms with Gasteiger partial charge in [-0.3, -0.25) is 0 Å². The number of aliphatic hydroxyl groups excluding tert-OH is 1. The van der Waals surface area contributed by atoms with Gasteiger partial charge in [0, 0.05) is 19.2 Å². The van der Waals surface area contributed by atoms with E-state index in [9.17, 15) is 5.11 Å². The molecule has 1 fully saturated rings. The summed E-state index contributed by atoms with van der Waals surface area (Å²) in [4.78, 5) is 0. The van der Waals surface area contributed by atoms with E-state index in [2.05, 4.69) is 26.1 Å². The zero-order valence-corrected chi connectivity index (χ0v) is 10.2. The lowest BCUT2D eigenvalue weighted by atomic mass is 10.1. The Balaban J connectivity index is 1.94. The SMILES string of the molecule is CC(C)C(C)NCC(O)COCC1CC1. The molecule has 2 atom stereocenters. The molecule has 1 aliphatic carbocycles. The van der Waals surface area contributed by atoms with E-state index in [4.69, 9.17) is 4.74 Å². The van der Waals surface area contributed by atoms with Crippen molar-refractivity contribution in [2.75, 3.05) is 19.8 Å². The van der Waals surface area contributed by atoms with Crippen LogP contribution in [0.5, 0.6) is 0 Å². The molecule has 2 N–H and O–H groups in total. The molecule has 0 saturated heterocycles. The van der Waals surface area contributed by atoms with Crippen molar-refractivity contribution in [3.63, 3.8) is 0 Å². The van der Waals surface area contributed by atoms with Gasteiger partial charge in [-0.05, 0) is 31.6 Å². The minimum absolute atomic E-state index is 0.370. The van der Waals surface area contributed by atoms with Crippen molar-refractivity contribution in [1.29, 1.82) is 0 Å². The lowest BCUT2D eigenvalue weighted by Crippen LogP contribution is -2.38. The van der Waals surface area contributed by atoms with Crippen LogP contribution in [0.1, 0.15) is 33.6 Å². The number of hydrogen-bond acceptors (Lipinski definition) is 3. The summed E-state index contributed by atoms with van der Waals surface area (Å²) in [7, 11) is 0. The van der Waals surface area contributed by atoms with Crippen molar-refractivity contribution in [2.24, 2.45) is 11.8 Å². The van der Waals surface area contributed by atoms with Gasteiger partial charge >= 0.3 is 0 Å². The molecule has 0 bridgehead atoms. The zero-order valence-electron chi connectivity index (χ0n) is 10.2. The summed E-state index contributed by atoms with van der Waals surface area (Å²) in [6.45, 7) is 8.42. The third-order valence-corrected chi connectivity index (χ3v) is 3.04. The highest BCUT2D eigenvalue weighted by Gasteiger charge is 2.21. The van der Waals surface area contributed by atoms with Gasteiger partial charge in [0.25, 0.3) is 0 Å². The molecule has 0 aromatic rings. The van der Waals surface area contributed by atoms with Gasteiger partial charge in [0.05, 0.1) is 12.7 Å². The van der Waals surface area contributed by atoms with E-state index in [-0.39, 0.29) is 6.10 Å². The first-order valence-corrected chi connectivity index (χ1v) is 6.08. The first kappa shape index (κ1) is 12.9. The van der Waals surface area contributed by atoms with Crippen LogP contribution in [0.25, 0.3) is 0 Å². The van der Waals surface area contributed by atoms with Crippen LogP contribution in [0.15, 0.2) is 0 Å². The van der Waals surface area contributed by atoms with Crippen LogP contribution >= 0.6 is 0 Å². The highest BCUT2D eigenvalue weighted by Crippen LogP contribution is 2.28. The van der Waals surface area contributed by atoms with E-state index < -0.39 is 0 Å². The molecular formula is C12H25NO2. The first-order chi connectivity index (χ1) is 7.09. The summed E-state index contributed by atoms with van der Waals surface area (Å²) in [5.41, 5.74) is 0. The van der Waals surface area contributed by atoms with Crippen molar-refractivity contribution in [1.82, 2.24) is 5.32 Å². The average molecular weight is 215 g/mol. The molecule has 1 saturated carbocycles. The maximum atomic E-state index is 9.63. The second kappa shape index (κ2) is 6.46. The molecule has 0 spiro atoms. The summed E-state index contributed by atoms with van der Waals surface area (Å²) in [6.07, 6.45) is 2.24. The van der Waals surface area contributed by atoms with E-state index in [1.54, 1.807) is 0 Å². The Labute approximate surface area is 93.2 Å². The Morgan fingerprint density at radius 2 is 2.00 bits per heavy atom. The predicted molar refractivity (Wildman–Crippen MR) is 61.9 cm³/mol. The molecule has 90 valence electrons. The minimum Gasteiger partial charge on any atom is -0.389 e. The smallest absolute Gasteiger partial charge is 0.0897 e. The second-order valence-electron chi connectivity index (χ2n) is 5.08. The third kappa shape index (κ3) is 6.13. The van der Waals surface area contributed by atoms with Crippen LogP contribution in [0.4, 0.5) is 0 Å². The van der Waals surface area contributed by atoms with Gasteiger partial charge in [0.2, 0.25) is 0 Å². The average Bonchev–Trinajstić information content (AvgIpc) is 2.97. The maximum Gasteiger partial charge on any atom is 0.0897 e. The summed E-state index contributed by atoms with van der Waals surface area (Å²) in [5.74, 6) is 1.38. The van der Waals surface area contributed by atoms with E-state index in [1.165, 1.54) is 12.8 Å². The van der Waals surface area contributed by atoms with Crippen molar-refractivity contribution in [3.05, 3.63) is 0 Å². The molecule has 1 aliphatic rings. The quantitative estimate of drug-likeness (QED) is 0.643. The second-order valence-corrected chi connectivity index (χ2v) is 5.08. The standard InChI is InChI=1S/C12H25NO2/c1-9(2)10(3)13-6-12(14)8-15-7-11-4-5-11/h9-14H,4-8H2,1-3H3. The Morgan fingerprint density at radius 3 is 2.53 bits per heavy atom.